The van der Waals surface area contributed by atoms with Crippen LogP contribution >= 0.6 is 0 Å². The Kier molecular flexibility index (Phi) is 15.4. The van der Waals surface area contributed by atoms with Gasteiger partial charge < -0.3 is 36.8 Å². The molecule has 3 aromatic rings. The summed E-state index contributed by atoms with van der Waals surface area (Å²) in [7, 11) is 0. The van der Waals surface area contributed by atoms with E-state index >= 15 is 0 Å². The van der Waals surface area contributed by atoms with Crippen molar-refractivity contribution in [3.8, 4) is 0 Å². The number of nitrogens with one attached hydrogen (secondary N) is 4. The molecule has 4 amide bonds. The Hall–Kier alpha value is -4.74. The topological polar surface area (TPSA) is 172 Å². The first-order valence-corrected chi connectivity index (χ1v) is 17.2. The van der Waals surface area contributed by atoms with Crippen molar-refractivity contribution >= 4 is 23.8 Å². The van der Waals surface area contributed by atoms with Gasteiger partial charge in [0.2, 0.25) is 17.7 Å². The van der Waals surface area contributed by atoms with Crippen LogP contribution in [0.5, 0.6) is 0 Å². The number of aliphatic hydroxyl groups is 1. The minimum Gasteiger partial charge on any atom is -0.444 e. The zero-order chi connectivity index (χ0) is 36.7. The number of aliphatic hydroxyl groups excluding tert-OH is 1. The molecule has 0 aliphatic heterocycles. The van der Waals surface area contributed by atoms with Gasteiger partial charge in [0.25, 0.3) is 0 Å². The molecule has 50 heavy (non-hydrogen) atoms. The second-order valence-corrected chi connectivity index (χ2v) is 13.7. The molecule has 0 bridgehead atoms. The van der Waals surface area contributed by atoms with E-state index < -0.39 is 59.7 Å². The number of hydrogen-bond acceptors (Lipinski definition) is 7. The highest BCUT2D eigenvalue weighted by molar-refractivity contribution is 5.93. The van der Waals surface area contributed by atoms with E-state index in [9.17, 15) is 24.3 Å². The van der Waals surface area contributed by atoms with Gasteiger partial charge in [-0.1, -0.05) is 111 Å². The van der Waals surface area contributed by atoms with Crippen LogP contribution in [0.4, 0.5) is 4.79 Å². The van der Waals surface area contributed by atoms with Crippen molar-refractivity contribution in [2.45, 2.75) is 96.2 Å². The van der Waals surface area contributed by atoms with E-state index in [0.717, 1.165) is 16.7 Å². The first-order valence-electron chi connectivity index (χ1n) is 17.2. The molecule has 270 valence electrons. The quantitative estimate of drug-likeness (QED) is 0.119. The molecule has 0 aromatic heterocycles. The van der Waals surface area contributed by atoms with Crippen molar-refractivity contribution < 1.29 is 29.0 Å². The van der Waals surface area contributed by atoms with Gasteiger partial charge in [0.05, 0.1) is 18.2 Å². The zero-order valence-electron chi connectivity index (χ0n) is 29.7. The minimum atomic E-state index is -1.11. The molecule has 0 saturated heterocycles. The third kappa shape index (κ3) is 13.6. The lowest BCUT2D eigenvalue weighted by Crippen LogP contribution is -2.59. The van der Waals surface area contributed by atoms with Gasteiger partial charge >= 0.3 is 6.09 Å². The molecular formula is C39H53N5O6. The van der Waals surface area contributed by atoms with Crippen molar-refractivity contribution in [3.63, 3.8) is 0 Å². The highest BCUT2D eigenvalue weighted by Gasteiger charge is 2.32. The Balaban J connectivity index is 1.80. The molecule has 0 radical (unpaired) electrons. The van der Waals surface area contributed by atoms with Gasteiger partial charge in [-0.15, -0.1) is 0 Å². The summed E-state index contributed by atoms with van der Waals surface area (Å²) in [5.74, 6) is -1.94. The number of ether oxygens (including phenoxy) is 1. The average Bonchev–Trinajstić information content (AvgIpc) is 3.08. The summed E-state index contributed by atoms with van der Waals surface area (Å²) >= 11 is 0. The number of benzene rings is 3. The van der Waals surface area contributed by atoms with Crippen molar-refractivity contribution in [1.29, 1.82) is 0 Å². The van der Waals surface area contributed by atoms with Crippen LogP contribution in [0.15, 0.2) is 91.0 Å². The smallest absolute Gasteiger partial charge is 0.407 e. The molecule has 1 unspecified atom stereocenters. The van der Waals surface area contributed by atoms with E-state index in [0.29, 0.717) is 12.8 Å². The van der Waals surface area contributed by atoms with E-state index in [2.05, 4.69) is 21.3 Å². The lowest BCUT2D eigenvalue weighted by Gasteiger charge is -2.30. The maximum Gasteiger partial charge on any atom is 0.407 e. The predicted molar refractivity (Wildman–Crippen MR) is 194 cm³/mol. The third-order valence-corrected chi connectivity index (χ3v) is 8.37. The molecule has 11 nitrogen and oxygen atoms in total. The summed E-state index contributed by atoms with van der Waals surface area (Å²) in [6.07, 6.45) is -0.420. The number of nitrogens with two attached hydrogens (primary N) is 1. The number of hydrogen-bond donors (Lipinski definition) is 6. The van der Waals surface area contributed by atoms with Gasteiger partial charge in [0.1, 0.15) is 17.7 Å². The lowest BCUT2D eigenvalue weighted by molar-refractivity contribution is -0.133. The standard InChI is InChI=1S/C39H53N5O6/c1-6-26(2)34(37(48)42-31(35(40)46)23-28-18-12-8-13-19-28)44-36(47)32(24-29-20-14-9-15-21-29)41-25-33(45)30(22-27-16-10-7-11-17-27)43-38(49)50-39(3,4)5/h7-21,26,30-34,41,45H,6,22-25H2,1-5H3,(H2,40,46)(H,42,48)(H,43,49)(H,44,47)/t26?,30-,31-,32-,33-,34-/m0/s1. The summed E-state index contributed by atoms with van der Waals surface area (Å²) in [6, 6.07) is 24.5. The van der Waals surface area contributed by atoms with E-state index in [-0.39, 0.29) is 25.3 Å². The molecule has 6 atom stereocenters. The van der Waals surface area contributed by atoms with E-state index in [4.69, 9.17) is 10.5 Å². The van der Waals surface area contributed by atoms with E-state index in [1.54, 1.807) is 20.8 Å². The Morgan fingerprint density at radius 3 is 1.66 bits per heavy atom. The van der Waals surface area contributed by atoms with Crippen molar-refractivity contribution in [2.75, 3.05) is 6.54 Å². The van der Waals surface area contributed by atoms with E-state index in [1.165, 1.54) is 0 Å². The average molecular weight is 688 g/mol. The van der Waals surface area contributed by atoms with Crippen LogP contribution in [0.2, 0.25) is 0 Å². The van der Waals surface area contributed by atoms with Crippen LogP contribution in [0.25, 0.3) is 0 Å². The first-order chi connectivity index (χ1) is 23.8. The minimum absolute atomic E-state index is 0.0563. The fourth-order valence-corrected chi connectivity index (χ4v) is 5.41. The first kappa shape index (κ1) is 39.7. The number of carbonyl (C=O) groups is 4. The molecule has 0 aliphatic carbocycles. The van der Waals surface area contributed by atoms with Gasteiger partial charge in [-0.2, -0.15) is 0 Å². The Labute approximate surface area is 295 Å². The highest BCUT2D eigenvalue weighted by atomic mass is 16.6. The molecule has 0 heterocycles. The molecule has 0 fully saturated rings. The fraction of sp³-hybridized carbons (Fsp3) is 0.436. The summed E-state index contributed by atoms with van der Waals surface area (Å²) in [6.45, 7) is 8.98. The molecule has 3 aromatic carbocycles. The predicted octanol–water partition coefficient (Wildman–Crippen LogP) is 3.43. The van der Waals surface area contributed by atoms with Gasteiger partial charge in [0, 0.05) is 13.0 Å². The third-order valence-electron chi connectivity index (χ3n) is 8.37. The normalized spacial score (nSPS) is 15.0. The van der Waals surface area contributed by atoms with E-state index in [1.807, 2.05) is 105 Å². The number of alkyl carbamates (subject to hydrolysis) is 1. The zero-order valence-corrected chi connectivity index (χ0v) is 29.7. The molecule has 0 spiro atoms. The van der Waals surface area contributed by atoms with Crippen molar-refractivity contribution in [2.24, 2.45) is 11.7 Å². The number of carbonyl (C=O) groups excluding carboxylic acids is 4. The maximum atomic E-state index is 14.0. The number of primary amides is 1. The van der Waals surface area contributed by atoms with Gasteiger partial charge in [0.15, 0.2) is 0 Å². The van der Waals surface area contributed by atoms with Crippen LogP contribution in [0, 0.1) is 5.92 Å². The number of amides is 4. The summed E-state index contributed by atoms with van der Waals surface area (Å²) in [4.78, 5) is 52.7. The molecule has 7 N–H and O–H groups in total. The van der Waals surface area contributed by atoms with Crippen LogP contribution < -0.4 is 27.0 Å². The SMILES string of the molecule is CCC(C)[C@H](NC(=O)[C@H](Cc1ccccc1)NC[C@H](O)[C@H](Cc1ccccc1)NC(=O)OC(C)(C)C)C(=O)N[C@@H](Cc1ccccc1)C(N)=O. The second kappa shape index (κ2) is 19.4. The van der Waals surface area contributed by atoms with Crippen LogP contribution in [0.3, 0.4) is 0 Å². The summed E-state index contributed by atoms with van der Waals surface area (Å²) < 4.78 is 5.46. The van der Waals surface area contributed by atoms with Crippen LogP contribution in [-0.2, 0) is 38.4 Å². The van der Waals surface area contributed by atoms with Gasteiger partial charge in [-0.25, -0.2) is 4.79 Å². The lowest BCUT2D eigenvalue weighted by atomic mass is 9.96. The van der Waals surface area contributed by atoms with Crippen molar-refractivity contribution in [3.05, 3.63) is 108 Å². The molecular weight excluding hydrogens is 634 g/mol. The molecule has 11 heteroatoms. The second-order valence-electron chi connectivity index (χ2n) is 13.7. The van der Waals surface area contributed by atoms with Gasteiger partial charge in [-0.3, -0.25) is 14.4 Å². The maximum absolute atomic E-state index is 14.0. The monoisotopic (exact) mass is 687 g/mol. The van der Waals surface area contributed by atoms with Gasteiger partial charge in [-0.05, 0) is 56.2 Å². The number of rotatable bonds is 18. The summed E-state index contributed by atoms with van der Waals surface area (Å²) in [5, 5.41) is 23.1. The Bertz CT molecular complexity index is 1500. The largest absolute Gasteiger partial charge is 0.444 e. The van der Waals surface area contributed by atoms with Crippen molar-refractivity contribution in [1.82, 2.24) is 21.3 Å². The molecule has 3 rings (SSSR count). The van der Waals surface area contributed by atoms with Crippen LogP contribution in [-0.4, -0.2) is 71.3 Å². The fourth-order valence-electron chi connectivity index (χ4n) is 5.41. The van der Waals surface area contributed by atoms with Crippen LogP contribution in [0.1, 0.15) is 57.7 Å². The highest BCUT2D eigenvalue weighted by Crippen LogP contribution is 2.14. The molecule has 0 aliphatic rings. The molecule has 0 saturated carbocycles. The Morgan fingerprint density at radius 1 is 0.720 bits per heavy atom. The summed E-state index contributed by atoms with van der Waals surface area (Å²) in [5.41, 5.74) is 7.53. The Morgan fingerprint density at radius 2 is 1.20 bits per heavy atom.